The van der Waals surface area contributed by atoms with Crippen molar-refractivity contribution in [2.45, 2.75) is 43.7 Å². The van der Waals surface area contributed by atoms with Crippen LogP contribution >= 0.6 is 11.6 Å². The first-order chi connectivity index (χ1) is 16.0. The van der Waals surface area contributed by atoms with Crippen LogP contribution in [0.15, 0.2) is 17.3 Å². The first-order valence-electron chi connectivity index (χ1n) is 11.1. The summed E-state index contributed by atoms with van der Waals surface area (Å²) in [5, 5.41) is 7.72. The summed E-state index contributed by atoms with van der Waals surface area (Å²) in [6, 6.07) is 2.63. The van der Waals surface area contributed by atoms with Crippen LogP contribution in [0.5, 0.6) is 0 Å². The predicted molar refractivity (Wildman–Crippen MR) is 120 cm³/mol. The number of nitrogens with zero attached hydrogens (tertiary/aromatic N) is 4. The quantitative estimate of drug-likeness (QED) is 0.409. The van der Waals surface area contributed by atoms with E-state index in [0.29, 0.717) is 10.6 Å². The SMILES string of the molecule is NC1=NC(N)(c2cnc(N3CCN([C@H]4CC5CCC4C5)CC3)c(Cl)c2)NN1.O=C(O)C(F)(F)F. The van der Waals surface area contributed by atoms with Crippen LogP contribution in [0.1, 0.15) is 31.2 Å². The van der Waals surface area contributed by atoms with Gasteiger partial charge in [0.2, 0.25) is 11.7 Å². The van der Waals surface area contributed by atoms with Crippen molar-refractivity contribution in [1.82, 2.24) is 20.7 Å². The van der Waals surface area contributed by atoms with Gasteiger partial charge in [-0.25, -0.2) is 14.8 Å². The molecule has 10 nitrogen and oxygen atoms in total. The van der Waals surface area contributed by atoms with Crippen LogP contribution in [0, 0.1) is 11.8 Å². The number of carboxylic acids is 1. The molecule has 0 radical (unpaired) electrons. The Morgan fingerprint density at radius 3 is 2.38 bits per heavy atom. The molecule has 4 atom stereocenters. The second-order valence-corrected chi connectivity index (χ2v) is 9.52. The Kier molecular flexibility index (Phi) is 6.82. The molecule has 0 spiro atoms. The van der Waals surface area contributed by atoms with Crippen LogP contribution in [0.3, 0.4) is 0 Å². The number of hydrogen-bond acceptors (Lipinski definition) is 9. The number of aromatic nitrogens is 1. The second-order valence-electron chi connectivity index (χ2n) is 9.11. The van der Waals surface area contributed by atoms with E-state index in [4.69, 9.17) is 33.0 Å². The van der Waals surface area contributed by atoms with Gasteiger partial charge in [0.1, 0.15) is 5.82 Å². The topological polar surface area (TPSA) is 145 Å². The molecule has 2 bridgehead atoms. The first-order valence-corrected chi connectivity index (χ1v) is 11.5. The van der Waals surface area contributed by atoms with E-state index in [2.05, 4.69) is 30.6 Å². The van der Waals surface area contributed by atoms with Gasteiger partial charge in [-0.1, -0.05) is 18.0 Å². The number of nitrogens with one attached hydrogen (secondary N) is 2. The number of aliphatic carboxylic acids is 1. The summed E-state index contributed by atoms with van der Waals surface area (Å²) in [5.74, 6) is -0.911. The predicted octanol–water partition coefficient (Wildman–Crippen LogP) is 1.17. The Morgan fingerprint density at radius 2 is 1.91 bits per heavy atom. The van der Waals surface area contributed by atoms with Gasteiger partial charge in [-0.3, -0.25) is 16.1 Å². The summed E-state index contributed by atoms with van der Waals surface area (Å²) >= 11 is 6.55. The maximum atomic E-state index is 10.6. The van der Waals surface area contributed by atoms with Crippen molar-refractivity contribution in [3.8, 4) is 0 Å². The van der Waals surface area contributed by atoms with Crippen LogP contribution in [0.2, 0.25) is 5.02 Å². The van der Waals surface area contributed by atoms with Crippen LogP contribution < -0.4 is 27.2 Å². The number of alkyl halides is 3. The fourth-order valence-electron chi connectivity index (χ4n) is 5.34. The van der Waals surface area contributed by atoms with Crippen LogP contribution in [-0.4, -0.2) is 65.3 Å². The molecule has 4 aliphatic rings. The standard InChI is InChI=1S/C18H27ClN8.C2HF3O2/c19-14-9-13(18(21)23-17(20)24-25-18)10-22-16(14)27-5-3-26(4-6-27)15-8-11-1-2-12(15)7-11;3-2(4,5)1(6)7/h9-12,15,25H,1-8,21H2,(H3,20,23,24);(H,6,7)/t11?,12?,15-,18?;/m0./s1. The highest BCUT2D eigenvalue weighted by Crippen LogP contribution is 2.46. The average molecular weight is 505 g/mol. The number of hydrazine groups is 1. The maximum absolute atomic E-state index is 10.6. The van der Waals surface area contributed by atoms with E-state index in [-0.39, 0.29) is 5.96 Å². The number of carbonyl (C=O) groups is 1. The Balaban J connectivity index is 0.000000344. The van der Waals surface area contributed by atoms with Gasteiger partial charge >= 0.3 is 12.1 Å². The molecule has 3 heterocycles. The zero-order valence-electron chi connectivity index (χ0n) is 18.4. The molecule has 5 rings (SSSR count). The lowest BCUT2D eigenvalue weighted by atomic mass is 9.93. The summed E-state index contributed by atoms with van der Waals surface area (Å²) < 4.78 is 31.7. The van der Waals surface area contributed by atoms with Crippen molar-refractivity contribution in [2.75, 3.05) is 31.1 Å². The van der Waals surface area contributed by atoms with E-state index in [1.54, 1.807) is 6.20 Å². The number of fused-ring (bicyclic) bond motifs is 2. The molecule has 1 saturated heterocycles. The molecule has 34 heavy (non-hydrogen) atoms. The van der Waals surface area contributed by atoms with E-state index in [9.17, 15) is 13.2 Å². The van der Waals surface area contributed by atoms with Crippen LogP contribution in [-0.2, 0) is 10.6 Å². The van der Waals surface area contributed by atoms with Gasteiger partial charge in [0, 0.05) is 44.0 Å². The fraction of sp³-hybridized carbons (Fsp3) is 0.650. The van der Waals surface area contributed by atoms with Gasteiger partial charge in [-0.2, -0.15) is 18.6 Å². The summed E-state index contributed by atoms with van der Waals surface area (Å²) in [5.41, 5.74) is 18.1. The summed E-state index contributed by atoms with van der Waals surface area (Å²) in [6.45, 7) is 4.08. The summed E-state index contributed by atoms with van der Waals surface area (Å²) in [6.07, 6.45) is 2.38. The monoisotopic (exact) mass is 504 g/mol. The lowest BCUT2D eigenvalue weighted by Gasteiger charge is -2.41. The molecule has 1 aromatic rings. The third kappa shape index (κ3) is 5.16. The molecule has 0 amide bonds. The molecule has 3 unspecified atom stereocenters. The van der Waals surface area contributed by atoms with Gasteiger partial charge < -0.3 is 15.7 Å². The minimum Gasteiger partial charge on any atom is -0.475 e. The molecule has 2 aliphatic carbocycles. The largest absolute Gasteiger partial charge is 0.490 e. The number of carboxylic acid groups (broad SMARTS) is 1. The fourth-order valence-corrected chi connectivity index (χ4v) is 5.62. The molecule has 2 saturated carbocycles. The molecule has 188 valence electrons. The highest BCUT2D eigenvalue weighted by atomic mass is 35.5. The van der Waals surface area contributed by atoms with E-state index in [1.165, 1.54) is 25.7 Å². The van der Waals surface area contributed by atoms with Gasteiger partial charge in [0.25, 0.3) is 0 Å². The highest BCUT2D eigenvalue weighted by Gasteiger charge is 2.43. The first kappa shape index (κ1) is 24.8. The van der Waals surface area contributed by atoms with Crippen molar-refractivity contribution in [3.63, 3.8) is 0 Å². The Labute approximate surface area is 199 Å². The average Bonchev–Trinajstić information content (AvgIpc) is 3.50. The number of hydrogen-bond donors (Lipinski definition) is 5. The zero-order valence-corrected chi connectivity index (χ0v) is 19.1. The minimum absolute atomic E-state index is 0.245. The highest BCUT2D eigenvalue weighted by molar-refractivity contribution is 6.33. The number of piperazine rings is 1. The third-order valence-corrected chi connectivity index (χ3v) is 7.24. The molecule has 0 aromatic carbocycles. The molecular formula is C20H28ClF3N8O2. The Bertz CT molecular complexity index is 956. The number of anilines is 1. The Hall–Kier alpha value is -2.35. The van der Waals surface area contributed by atoms with Crippen molar-refractivity contribution in [3.05, 3.63) is 22.8 Å². The van der Waals surface area contributed by atoms with Crippen molar-refractivity contribution in [2.24, 2.45) is 28.3 Å². The third-order valence-electron chi connectivity index (χ3n) is 6.97. The smallest absolute Gasteiger partial charge is 0.475 e. The number of halogens is 4. The number of rotatable bonds is 3. The van der Waals surface area contributed by atoms with E-state index in [0.717, 1.165) is 49.9 Å². The van der Waals surface area contributed by atoms with E-state index < -0.39 is 17.9 Å². The molecular weight excluding hydrogens is 477 g/mol. The zero-order chi connectivity index (χ0) is 24.7. The number of pyridine rings is 1. The minimum atomic E-state index is -5.08. The normalized spacial score (nSPS) is 31.0. The van der Waals surface area contributed by atoms with E-state index >= 15 is 0 Å². The number of aliphatic imine (C=N–C) groups is 1. The van der Waals surface area contributed by atoms with Gasteiger partial charge in [-0.05, 0) is 37.2 Å². The second kappa shape index (κ2) is 9.36. The van der Waals surface area contributed by atoms with Gasteiger partial charge in [-0.15, -0.1) is 0 Å². The lowest BCUT2D eigenvalue weighted by Crippen LogP contribution is -2.52. The van der Waals surface area contributed by atoms with Crippen molar-refractivity contribution < 1.29 is 23.1 Å². The van der Waals surface area contributed by atoms with Crippen molar-refractivity contribution >= 4 is 29.3 Å². The summed E-state index contributed by atoms with van der Waals surface area (Å²) in [4.78, 5) is 22.6. The van der Waals surface area contributed by atoms with Gasteiger partial charge in [0.05, 0.1) is 5.02 Å². The van der Waals surface area contributed by atoms with Crippen molar-refractivity contribution in [1.29, 1.82) is 0 Å². The van der Waals surface area contributed by atoms with Crippen LogP contribution in [0.25, 0.3) is 0 Å². The maximum Gasteiger partial charge on any atom is 0.490 e. The number of guanidine groups is 1. The number of nitrogens with two attached hydrogens (primary N) is 2. The molecule has 2 aliphatic heterocycles. The van der Waals surface area contributed by atoms with Crippen LogP contribution in [0.4, 0.5) is 19.0 Å². The van der Waals surface area contributed by atoms with Gasteiger partial charge in [0.15, 0.2) is 0 Å². The molecule has 14 heteroatoms. The molecule has 7 N–H and O–H groups in total. The molecule has 3 fully saturated rings. The molecule has 1 aromatic heterocycles. The lowest BCUT2D eigenvalue weighted by molar-refractivity contribution is -0.192. The van der Waals surface area contributed by atoms with E-state index in [1.807, 2.05) is 6.07 Å². The Morgan fingerprint density at radius 1 is 1.24 bits per heavy atom. The summed E-state index contributed by atoms with van der Waals surface area (Å²) in [7, 11) is 0.